The van der Waals surface area contributed by atoms with Gasteiger partial charge in [0.15, 0.2) is 0 Å². The molecule has 1 unspecified atom stereocenters. The van der Waals surface area contributed by atoms with Crippen molar-refractivity contribution < 1.29 is 9.53 Å². The SMILES string of the molecule is COc1cccc(NC(=O)N2CCC(C3CCCN3)CC2)c1. The van der Waals surface area contributed by atoms with Crippen LogP contribution in [0.3, 0.4) is 0 Å². The van der Waals surface area contributed by atoms with Gasteiger partial charge in [0.1, 0.15) is 5.75 Å². The quantitative estimate of drug-likeness (QED) is 0.902. The first-order valence-electron chi connectivity index (χ1n) is 8.19. The molecule has 2 saturated heterocycles. The van der Waals surface area contributed by atoms with Crippen molar-refractivity contribution in [3.63, 3.8) is 0 Å². The van der Waals surface area contributed by atoms with Crippen LogP contribution in [0.4, 0.5) is 10.5 Å². The summed E-state index contributed by atoms with van der Waals surface area (Å²) in [4.78, 5) is 14.3. The van der Waals surface area contributed by atoms with Crippen molar-refractivity contribution in [1.82, 2.24) is 10.2 Å². The number of likely N-dealkylation sites (tertiary alicyclic amines) is 1. The molecule has 0 radical (unpaired) electrons. The third-order valence-electron chi connectivity index (χ3n) is 4.82. The fourth-order valence-corrected chi connectivity index (χ4v) is 3.52. The van der Waals surface area contributed by atoms with Gasteiger partial charge < -0.3 is 20.3 Å². The Morgan fingerprint density at radius 2 is 2.14 bits per heavy atom. The molecule has 0 aromatic heterocycles. The number of ether oxygens (including phenoxy) is 1. The summed E-state index contributed by atoms with van der Waals surface area (Å²) >= 11 is 0. The molecule has 1 aromatic carbocycles. The first kappa shape index (κ1) is 15.2. The van der Waals surface area contributed by atoms with E-state index < -0.39 is 0 Å². The Labute approximate surface area is 132 Å². The number of anilines is 1. The van der Waals surface area contributed by atoms with Crippen LogP contribution < -0.4 is 15.4 Å². The second-order valence-electron chi connectivity index (χ2n) is 6.19. The van der Waals surface area contributed by atoms with Gasteiger partial charge in [-0.1, -0.05) is 6.07 Å². The number of nitrogens with zero attached hydrogens (tertiary/aromatic N) is 1. The molecule has 1 atom stereocenters. The molecule has 2 aliphatic rings. The fraction of sp³-hybridized carbons (Fsp3) is 0.588. The van der Waals surface area contributed by atoms with E-state index in [4.69, 9.17) is 4.74 Å². The van der Waals surface area contributed by atoms with Crippen molar-refractivity contribution in [3.8, 4) is 5.75 Å². The van der Waals surface area contributed by atoms with Crippen LogP contribution in [0.25, 0.3) is 0 Å². The van der Waals surface area contributed by atoms with Crippen LogP contribution in [0.15, 0.2) is 24.3 Å². The molecule has 0 bridgehead atoms. The third kappa shape index (κ3) is 3.53. The van der Waals surface area contributed by atoms with Crippen LogP contribution in [0.5, 0.6) is 5.75 Å². The molecular weight excluding hydrogens is 278 g/mol. The summed E-state index contributed by atoms with van der Waals surface area (Å²) in [6, 6.07) is 8.14. The van der Waals surface area contributed by atoms with E-state index in [9.17, 15) is 4.79 Å². The van der Waals surface area contributed by atoms with E-state index in [1.54, 1.807) is 7.11 Å². The second-order valence-corrected chi connectivity index (χ2v) is 6.19. The van der Waals surface area contributed by atoms with Gasteiger partial charge in [-0.15, -0.1) is 0 Å². The predicted molar refractivity (Wildman–Crippen MR) is 87.3 cm³/mol. The van der Waals surface area contributed by atoms with Gasteiger partial charge in [0.2, 0.25) is 0 Å². The molecule has 3 rings (SSSR count). The van der Waals surface area contributed by atoms with E-state index in [2.05, 4.69) is 10.6 Å². The number of piperidine rings is 1. The van der Waals surface area contributed by atoms with Crippen LogP contribution in [-0.4, -0.2) is 43.7 Å². The standard InChI is InChI=1S/C17H25N3O2/c1-22-15-5-2-4-14(12-15)19-17(21)20-10-7-13(8-11-20)16-6-3-9-18-16/h2,4-5,12-13,16,18H,3,6-11H2,1H3,(H,19,21). The number of hydrogen-bond donors (Lipinski definition) is 2. The molecule has 22 heavy (non-hydrogen) atoms. The van der Waals surface area contributed by atoms with Crippen molar-refractivity contribution in [3.05, 3.63) is 24.3 Å². The lowest BCUT2D eigenvalue weighted by Gasteiger charge is -2.34. The number of benzene rings is 1. The van der Waals surface area contributed by atoms with Gasteiger partial charge in [-0.3, -0.25) is 0 Å². The Kier molecular flexibility index (Phi) is 4.83. The Hall–Kier alpha value is -1.75. The van der Waals surface area contributed by atoms with Gasteiger partial charge in [-0.2, -0.15) is 0 Å². The van der Waals surface area contributed by atoms with Crippen molar-refractivity contribution in [1.29, 1.82) is 0 Å². The lowest BCUT2D eigenvalue weighted by Crippen LogP contribution is -2.44. The van der Waals surface area contributed by atoms with Gasteiger partial charge in [0.05, 0.1) is 7.11 Å². The lowest BCUT2D eigenvalue weighted by molar-refractivity contribution is 0.170. The summed E-state index contributed by atoms with van der Waals surface area (Å²) in [5, 5.41) is 6.55. The van der Waals surface area contributed by atoms with Gasteiger partial charge >= 0.3 is 6.03 Å². The van der Waals surface area contributed by atoms with E-state index in [1.807, 2.05) is 29.2 Å². The number of carbonyl (C=O) groups is 1. The number of hydrogen-bond acceptors (Lipinski definition) is 3. The Morgan fingerprint density at radius 1 is 1.32 bits per heavy atom. The molecule has 0 spiro atoms. The number of amides is 2. The minimum Gasteiger partial charge on any atom is -0.497 e. The fourth-order valence-electron chi connectivity index (χ4n) is 3.52. The number of urea groups is 1. The highest BCUT2D eigenvalue weighted by molar-refractivity contribution is 5.89. The normalized spacial score (nSPS) is 22.6. The molecule has 1 aromatic rings. The van der Waals surface area contributed by atoms with E-state index >= 15 is 0 Å². The highest BCUT2D eigenvalue weighted by atomic mass is 16.5. The van der Waals surface area contributed by atoms with E-state index in [0.29, 0.717) is 6.04 Å². The smallest absolute Gasteiger partial charge is 0.321 e. The van der Waals surface area contributed by atoms with Crippen molar-refractivity contribution in [2.45, 2.75) is 31.7 Å². The molecule has 0 aliphatic carbocycles. The van der Waals surface area contributed by atoms with Crippen LogP contribution in [0, 0.1) is 5.92 Å². The van der Waals surface area contributed by atoms with Gasteiger partial charge in [0, 0.05) is 30.9 Å². The Bertz CT molecular complexity index is 506. The zero-order valence-corrected chi connectivity index (χ0v) is 13.2. The van der Waals surface area contributed by atoms with E-state index in [0.717, 1.165) is 49.8 Å². The Balaban J connectivity index is 1.51. The molecule has 2 heterocycles. The highest BCUT2D eigenvalue weighted by Crippen LogP contribution is 2.26. The van der Waals surface area contributed by atoms with Crippen molar-refractivity contribution in [2.24, 2.45) is 5.92 Å². The van der Waals surface area contributed by atoms with Crippen molar-refractivity contribution in [2.75, 3.05) is 32.1 Å². The highest BCUT2D eigenvalue weighted by Gasteiger charge is 2.29. The number of nitrogens with one attached hydrogen (secondary N) is 2. The zero-order chi connectivity index (χ0) is 15.4. The number of carbonyl (C=O) groups excluding carboxylic acids is 1. The minimum absolute atomic E-state index is 0.00826. The van der Waals surface area contributed by atoms with Crippen LogP contribution in [0.1, 0.15) is 25.7 Å². The number of rotatable bonds is 3. The molecule has 2 fully saturated rings. The summed E-state index contributed by atoms with van der Waals surface area (Å²) in [6.45, 7) is 2.85. The number of methoxy groups -OCH3 is 1. The maximum atomic E-state index is 12.4. The largest absolute Gasteiger partial charge is 0.497 e. The monoisotopic (exact) mass is 303 g/mol. The lowest BCUT2D eigenvalue weighted by atomic mass is 9.89. The van der Waals surface area contributed by atoms with Crippen LogP contribution in [0.2, 0.25) is 0 Å². The zero-order valence-electron chi connectivity index (χ0n) is 13.2. The van der Waals surface area contributed by atoms with Crippen LogP contribution >= 0.6 is 0 Å². The minimum atomic E-state index is -0.00826. The third-order valence-corrected chi connectivity index (χ3v) is 4.82. The molecular formula is C17H25N3O2. The van der Waals surface area contributed by atoms with Gasteiger partial charge in [-0.05, 0) is 50.3 Å². The predicted octanol–water partition coefficient (Wildman–Crippen LogP) is 2.69. The first-order chi connectivity index (χ1) is 10.8. The van der Waals surface area contributed by atoms with Crippen LogP contribution in [-0.2, 0) is 0 Å². The maximum absolute atomic E-state index is 12.4. The molecule has 5 heteroatoms. The summed E-state index contributed by atoms with van der Waals surface area (Å²) in [5.41, 5.74) is 0.781. The summed E-state index contributed by atoms with van der Waals surface area (Å²) in [6.07, 6.45) is 4.79. The molecule has 0 saturated carbocycles. The van der Waals surface area contributed by atoms with Gasteiger partial charge in [0.25, 0.3) is 0 Å². The average Bonchev–Trinajstić information content (AvgIpc) is 3.09. The summed E-state index contributed by atoms with van der Waals surface area (Å²) in [5.74, 6) is 1.48. The molecule has 5 nitrogen and oxygen atoms in total. The maximum Gasteiger partial charge on any atom is 0.321 e. The van der Waals surface area contributed by atoms with E-state index in [-0.39, 0.29) is 6.03 Å². The molecule has 2 N–H and O–H groups in total. The molecule has 2 amide bonds. The summed E-state index contributed by atoms with van der Waals surface area (Å²) in [7, 11) is 1.63. The van der Waals surface area contributed by atoms with E-state index in [1.165, 1.54) is 12.8 Å². The molecule has 2 aliphatic heterocycles. The first-order valence-corrected chi connectivity index (χ1v) is 8.19. The average molecular weight is 303 g/mol. The van der Waals surface area contributed by atoms with Crippen molar-refractivity contribution >= 4 is 11.7 Å². The Morgan fingerprint density at radius 3 is 2.82 bits per heavy atom. The van der Waals surface area contributed by atoms with Gasteiger partial charge in [-0.25, -0.2) is 4.79 Å². The second kappa shape index (κ2) is 7.01. The molecule has 120 valence electrons. The summed E-state index contributed by atoms with van der Waals surface area (Å²) < 4.78 is 5.18. The topological polar surface area (TPSA) is 53.6 Å².